The first-order valence-electron chi connectivity index (χ1n) is 6.44. The molecule has 3 aromatic rings. The average molecular weight is 281 g/mol. The monoisotopic (exact) mass is 280 g/mol. The van der Waals surface area contributed by atoms with E-state index in [2.05, 4.69) is 6.07 Å². The molecule has 0 saturated heterocycles. The van der Waals surface area contributed by atoms with Gasteiger partial charge >= 0.3 is 0 Å². The summed E-state index contributed by atoms with van der Waals surface area (Å²) in [7, 11) is 0. The van der Waals surface area contributed by atoms with Crippen LogP contribution >= 0.6 is 11.6 Å². The van der Waals surface area contributed by atoms with Crippen LogP contribution in [0.1, 0.15) is 15.9 Å². The van der Waals surface area contributed by atoms with Crippen LogP contribution in [0.3, 0.4) is 0 Å². The molecule has 0 bridgehead atoms. The summed E-state index contributed by atoms with van der Waals surface area (Å²) < 4.78 is 0. The molecular formula is C18H13ClO. The predicted octanol–water partition coefficient (Wildman–Crippen LogP) is 5.28. The van der Waals surface area contributed by atoms with Crippen molar-refractivity contribution in [2.45, 2.75) is 6.92 Å². The van der Waals surface area contributed by atoms with E-state index in [4.69, 9.17) is 11.6 Å². The van der Waals surface area contributed by atoms with E-state index in [0.29, 0.717) is 0 Å². The molecule has 3 rings (SSSR count). The van der Waals surface area contributed by atoms with Crippen LogP contribution in [0.5, 0.6) is 0 Å². The third-order valence-electron chi connectivity index (χ3n) is 3.57. The van der Waals surface area contributed by atoms with E-state index in [1.165, 1.54) is 0 Å². The second kappa shape index (κ2) is 5.10. The number of benzene rings is 3. The van der Waals surface area contributed by atoms with Gasteiger partial charge in [-0.25, -0.2) is 0 Å². The van der Waals surface area contributed by atoms with E-state index in [-0.39, 0.29) is 0 Å². The molecule has 0 aliphatic rings. The molecule has 0 N–H and O–H groups in total. The molecule has 0 atom stereocenters. The van der Waals surface area contributed by atoms with Crippen molar-refractivity contribution in [2.75, 3.05) is 0 Å². The summed E-state index contributed by atoms with van der Waals surface area (Å²) >= 11 is 5.95. The molecule has 0 spiro atoms. The number of rotatable bonds is 2. The third-order valence-corrected chi connectivity index (χ3v) is 3.82. The molecule has 0 amide bonds. The number of aldehydes is 1. The Morgan fingerprint density at radius 3 is 2.25 bits per heavy atom. The molecule has 0 saturated carbocycles. The molecule has 0 unspecified atom stereocenters. The average Bonchev–Trinajstić information content (AvgIpc) is 2.47. The van der Waals surface area contributed by atoms with Crippen LogP contribution < -0.4 is 0 Å². The fraction of sp³-hybridized carbons (Fsp3) is 0.0556. The number of hydrogen-bond donors (Lipinski definition) is 0. The summed E-state index contributed by atoms with van der Waals surface area (Å²) in [6, 6.07) is 17.8. The van der Waals surface area contributed by atoms with Gasteiger partial charge in [-0.15, -0.1) is 0 Å². The van der Waals surface area contributed by atoms with Crippen molar-refractivity contribution in [3.63, 3.8) is 0 Å². The lowest BCUT2D eigenvalue weighted by Gasteiger charge is -2.11. The maximum atomic E-state index is 11.3. The summed E-state index contributed by atoms with van der Waals surface area (Å²) in [6.45, 7) is 1.97. The predicted molar refractivity (Wildman–Crippen MR) is 84.5 cm³/mol. The second-order valence-corrected chi connectivity index (χ2v) is 5.26. The summed E-state index contributed by atoms with van der Waals surface area (Å²) in [5.41, 5.74) is 3.98. The van der Waals surface area contributed by atoms with Crippen LogP contribution in [0.25, 0.3) is 21.9 Å². The Morgan fingerprint density at radius 2 is 1.60 bits per heavy atom. The van der Waals surface area contributed by atoms with Gasteiger partial charge in [-0.05, 0) is 46.5 Å². The quantitative estimate of drug-likeness (QED) is 0.584. The van der Waals surface area contributed by atoms with Gasteiger partial charge in [0.1, 0.15) is 0 Å². The maximum absolute atomic E-state index is 11.3. The minimum absolute atomic E-state index is 0.722. The van der Waals surface area contributed by atoms with Crippen LogP contribution in [0.2, 0.25) is 5.02 Å². The summed E-state index contributed by atoms with van der Waals surface area (Å²) in [5.74, 6) is 0. The first-order chi connectivity index (χ1) is 9.70. The largest absolute Gasteiger partial charge is 0.298 e. The lowest BCUT2D eigenvalue weighted by Crippen LogP contribution is -1.92. The van der Waals surface area contributed by atoms with Gasteiger partial charge in [0.05, 0.1) is 0 Å². The van der Waals surface area contributed by atoms with Crippen LogP contribution in [0.4, 0.5) is 0 Å². The second-order valence-electron chi connectivity index (χ2n) is 4.83. The van der Waals surface area contributed by atoms with E-state index < -0.39 is 0 Å². The highest BCUT2D eigenvalue weighted by Gasteiger charge is 2.10. The zero-order valence-corrected chi connectivity index (χ0v) is 11.8. The van der Waals surface area contributed by atoms with Gasteiger partial charge in [0.2, 0.25) is 0 Å². The minimum Gasteiger partial charge on any atom is -0.298 e. The molecule has 20 heavy (non-hydrogen) atoms. The van der Waals surface area contributed by atoms with E-state index in [9.17, 15) is 4.79 Å². The molecule has 0 fully saturated rings. The SMILES string of the molecule is Cc1cc(-c2ccc(Cl)cc2)c2ccccc2c1C=O. The Morgan fingerprint density at radius 1 is 0.950 bits per heavy atom. The number of hydrogen-bond acceptors (Lipinski definition) is 1. The molecular weight excluding hydrogens is 268 g/mol. The molecule has 98 valence electrons. The highest BCUT2D eigenvalue weighted by molar-refractivity contribution is 6.30. The van der Waals surface area contributed by atoms with Crippen molar-refractivity contribution in [3.8, 4) is 11.1 Å². The van der Waals surface area contributed by atoms with Gasteiger partial charge in [0.15, 0.2) is 6.29 Å². The first-order valence-corrected chi connectivity index (χ1v) is 6.82. The smallest absolute Gasteiger partial charge is 0.150 e. The van der Waals surface area contributed by atoms with Crippen molar-refractivity contribution in [1.29, 1.82) is 0 Å². The standard InChI is InChI=1S/C18H13ClO/c1-12-10-17(13-6-8-14(19)9-7-13)15-4-2-3-5-16(15)18(12)11-20/h2-11H,1H3. The first kappa shape index (κ1) is 12.9. The summed E-state index contributed by atoms with van der Waals surface area (Å²) in [5, 5.41) is 2.80. The Bertz CT molecular complexity index is 788. The van der Waals surface area contributed by atoms with Crippen LogP contribution in [-0.4, -0.2) is 6.29 Å². The fourth-order valence-corrected chi connectivity index (χ4v) is 2.69. The highest BCUT2D eigenvalue weighted by atomic mass is 35.5. The van der Waals surface area contributed by atoms with Gasteiger partial charge in [-0.1, -0.05) is 54.1 Å². The fourth-order valence-electron chi connectivity index (χ4n) is 2.56. The topological polar surface area (TPSA) is 17.1 Å². The van der Waals surface area contributed by atoms with Crippen molar-refractivity contribution in [2.24, 2.45) is 0 Å². The van der Waals surface area contributed by atoms with Crippen molar-refractivity contribution in [1.82, 2.24) is 0 Å². The van der Waals surface area contributed by atoms with E-state index >= 15 is 0 Å². The van der Waals surface area contributed by atoms with Crippen LogP contribution in [0, 0.1) is 6.92 Å². The van der Waals surface area contributed by atoms with Crippen molar-refractivity contribution >= 4 is 28.7 Å². The van der Waals surface area contributed by atoms with Gasteiger partial charge in [-0.3, -0.25) is 4.79 Å². The Hall–Kier alpha value is -2.12. The van der Waals surface area contributed by atoms with E-state index in [1.54, 1.807) is 0 Å². The van der Waals surface area contributed by atoms with Gasteiger partial charge < -0.3 is 0 Å². The molecule has 0 aliphatic carbocycles. The molecule has 0 aromatic heterocycles. The zero-order chi connectivity index (χ0) is 14.1. The molecule has 0 aliphatic heterocycles. The molecule has 1 nitrogen and oxygen atoms in total. The van der Waals surface area contributed by atoms with Gasteiger partial charge in [-0.2, -0.15) is 0 Å². The number of fused-ring (bicyclic) bond motifs is 1. The maximum Gasteiger partial charge on any atom is 0.150 e. The number of carbonyl (C=O) groups is 1. The van der Waals surface area contributed by atoms with Crippen LogP contribution in [0.15, 0.2) is 54.6 Å². The lowest BCUT2D eigenvalue weighted by molar-refractivity contribution is 0.112. The summed E-state index contributed by atoms with van der Waals surface area (Å²) in [6.07, 6.45) is 0.934. The van der Waals surface area contributed by atoms with Gasteiger partial charge in [0.25, 0.3) is 0 Å². The Kier molecular flexibility index (Phi) is 3.29. The van der Waals surface area contributed by atoms with E-state index in [1.807, 2.05) is 55.5 Å². The number of carbonyl (C=O) groups excluding carboxylic acids is 1. The molecule has 3 aromatic carbocycles. The lowest BCUT2D eigenvalue weighted by atomic mass is 9.92. The molecule has 2 heteroatoms. The summed E-state index contributed by atoms with van der Waals surface area (Å²) in [4.78, 5) is 11.3. The van der Waals surface area contributed by atoms with E-state index in [0.717, 1.165) is 44.3 Å². The van der Waals surface area contributed by atoms with Crippen LogP contribution in [-0.2, 0) is 0 Å². The van der Waals surface area contributed by atoms with Crippen molar-refractivity contribution in [3.05, 3.63) is 70.7 Å². The molecule has 0 radical (unpaired) electrons. The normalized spacial score (nSPS) is 10.7. The zero-order valence-electron chi connectivity index (χ0n) is 11.1. The number of halogens is 1. The Labute approximate surface area is 122 Å². The highest BCUT2D eigenvalue weighted by Crippen LogP contribution is 2.32. The number of aryl methyl sites for hydroxylation is 1. The van der Waals surface area contributed by atoms with Gasteiger partial charge in [0, 0.05) is 10.6 Å². The Balaban J connectivity index is 2.36. The minimum atomic E-state index is 0.722. The molecule has 0 heterocycles. The third kappa shape index (κ3) is 2.10. The van der Waals surface area contributed by atoms with Crippen molar-refractivity contribution < 1.29 is 4.79 Å².